The Bertz CT molecular complexity index is 417. The topological polar surface area (TPSA) is 50.4 Å². The van der Waals surface area contributed by atoms with Crippen molar-refractivity contribution < 1.29 is 9.53 Å². The number of nitrogens with one attached hydrogen (secondary N) is 2. The summed E-state index contributed by atoms with van der Waals surface area (Å²) in [6, 6.07) is 8.11. The van der Waals surface area contributed by atoms with E-state index in [2.05, 4.69) is 22.8 Å². The molecule has 0 aromatic heterocycles. The summed E-state index contributed by atoms with van der Waals surface area (Å²) in [5, 5.41) is 6.28. The normalized spacial score (nSPS) is 17.7. The molecule has 1 aromatic rings. The highest BCUT2D eigenvalue weighted by Gasteiger charge is 2.19. The summed E-state index contributed by atoms with van der Waals surface area (Å²) < 4.78 is 5.13. The van der Waals surface area contributed by atoms with Crippen LogP contribution in [0.2, 0.25) is 0 Å². The molecule has 5 heteroatoms. The molecule has 118 valence electrons. The van der Waals surface area contributed by atoms with E-state index in [0.29, 0.717) is 0 Å². The lowest BCUT2D eigenvalue weighted by Gasteiger charge is -2.22. The maximum Gasteiger partial charge on any atom is 0.237 e. The summed E-state index contributed by atoms with van der Waals surface area (Å²) >= 11 is 0. The minimum Gasteiger partial charge on any atom is -0.497 e. The van der Waals surface area contributed by atoms with Crippen molar-refractivity contribution in [1.29, 1.82) is 0 Å². The van der Waals surface area contributed by atoms with E-state index in [1.54, 1.807) is 7.11 Å². The van der Waals surface area contributed by atoms with Crippen molar-refractivity contribution in [2.75, 3.05) is 20.2 Å². The summed E-state index contributed by atoms with van der Waals surface area (Å²) in [6.45, 7) is 1.70. The first-order valence-corrected chi connectivity index (χ1v) is 7.43. The monoisotopic (exact) mass is 312 g/mol. The highest BCUT2D eigenvalue weighted by Crippen LogP contribution is 2.12. The van der Waals surface area contributed by atoms with Crippen LogP contribution in [0.3, 0.4) is 0 Å². The third kappa shape index (κ3) is 5.94. The Morgan fingerprint density at radius 1 is 1.33 bits per heavy atom. The second kappa shape index (κ2) is 9.64. The molecule has 1 fully saturated rings. The number of aryl methyl sites for hydroxylation is 1. The second-order valence-electron chi connectivity index (χ2n) is 5.25. The fourth-order valence-electron chi connectivity index (χ4n) is 2.50. The molecule has 1 aliphatic rings. The van der Waals surface area contributed by atoms with E-state index in [4.69, 9.17) is 4.74 Å². The van der Waals surface area contributed by atoms with E-state index in [0.717, 1.165) is 44.5 Å². The van der Waals surface area contributed by atoms with Crippen LogP contribution in [0.15, 0.2) is 24.3 Å². The lowest BCUT2D eigenvalue weighted by atomic mass is 10.0. The van der Waals surface area contributed by atoms with Gasteiger partial charge in [-0.05, 0) is 49.9 Å². The predicted octanol–water partition coefficient (Wildman–Crippen LogP) is 2.31. The second-order valence-corrected chi connectivity index (χ2v) is 5.25. The van der Waals surface area contributed by atoms with Gasteiger partial charge in [0.2, 0.25) is 5.91 Å². The number of methoxy groups -OCH3 is 1. The van der Waals surface area contributed by atoms with Gasteiger partial charge in [0.05, 0.1) is 13.2 Å². The quantitative estimate of drug-likeness (QED) is 0.793. The molecule has 1 amide bonds. The molecule has 1 saturated heterocycles. The van der Waals surface area contributed by atoms with Gasteiger partial charge < -0.3 is 15.4 Å². The molecular weight excluding hydrogens is 288 g/mol. The van der Waals surface area contributed by atoms with Gasteiger partial charge >= 0.3 is 0 Å². The van der Waals surface area contributed by atoms with E-state index in [-0.39, 0.29) is 24.4 Å². The van der Waals surface area contributed by atoms with E-state index in [9.17, 15) is 4.79 Å². The Labute approximate surface area is 133 Å². The van der Waals surface area contributed by atoms with Crippen molar-refractivity contribution in [3.05, 3.63) is 29.8 Å². The highest BCUT2D eigenvalue weighted by molar-refractivity contribution is 5.85. The Hall–Kier alpha value is -1.26. The van der Waals surface area contributed by atoms with Crippen molar-refractivity contribution in [3.8, 4) is 5.75 Å². The maximum atomic E-state index is 11.9. The number of rotatable bonds is 6. The maximum absolute atomic E-state index is 11.9. The van der Waals surface area contributed by atoms with E-state index in [1.807, 2.05) is 12.1 Å². The molecule has 2 N–H and O–H groups in total. The molecule has 1 aliphatic heterocycles. The molecule has 0 bridgehead atoms. The van der Waals surface area contributed by atoms with Gasteiger partial charge in [0.25, 0.3) is 0 Å². The van der Waals surface area contributed by atoms with Crippen LogP contribution in [0.5, 0.6) is 5.75 Å². The third-order valence-corrected chi connectivity index (χ3v) is 3.73. The first-order valence-electron chi connectivity index (χ1n) is 7.43. The van der Waals surface area contributed by atoms with Crippen LogP contribution in [0.1, 0.15) is 31.2 Å². The fourth-order valence-corrected chi connectivity index (χ4v) is 2.50. The average Bonchev–Trinajstić information content (AvgIpc) is 2.53. The number of hydrogen-bond acceptors (Lipinski definition) is 3. The zero-order valence-electron chi connectivity index (χ0n) is 12.6. The van der Waals surface area contributed by atoms with E-state index >= 15 is 0 Å². The van der Waals surface area contributed by atoms with E-state index < -0.39 is 0 Å². The Balaban J connectivity index is 0.00000220. The Morgan fingerprint density at radius 2 is 2.10 bits per heavy atom. The number of benzene rings is 1. The molecule has 0 saturated carbocycles. The van der Waals surface area contributed by atoms with Crippen molar-refractivity contribution in [1.82, 2.24) is 10.6 Å². The van der Waals surface area contributed by atoms with Gasteiger partial charge in [-0.3, -0.25) is 4.79 Å². The molecule has 0 spiro atoms. The van der Waals surface area contributed by atoms with Gasteiger partial charge in [0.15, 0.2) is 0 Å². The highest BCUT2D eigenvalue weighted by atomic mass is 35.5. The van der Waals surface area contributed by atoms with Crippen LogP contribution in [-0.2, 0) is 11.2 Å². The molecule has 4 nitrogen and oxygen atoms in total. The molecule has 2 rings (SSSR count). The van der Waals surface area contributed by atoms with Crippen LogP contribution in [0.4, 0.5) is 0 Å². The van der Waals surface area contributed by atoms with Crippen LogP contribution in [0, 0.1) is 0 Å². The number of carbonyl (C=O) groups excluding carboxylic acids is 1. The number of hydrogen-bond donors (Lipinski definition) is 2. The minimum atomic E-state index is 0. The van der Waals surface area contributed by atoms with Gasteiger partial charge in [0, 0.05) is 6.54 Å². The standard InChI is InChI=1S/C16H24N2O2.ClH/c1-20-14-9-7-13(8-10-14)5-4-12-18-16(19)15-6-2-3-11-17-15;/h7-10,15,17H,2-6,11-12H2,1H3,(H,18,19);1H. The van der Waals surface area contributed by atoms with Crippen molar-refractivity contribution in [2.24, 2.45) is 0 Å². The molecule has 0 radical (unpaired) electrons. The van der Waals surface area contributed by atoms with Gasteiger partial charge in [0.1, 0.15) is 5.75 Å². The Kier molecular flexibility index (Phi) is 8.16. The first kappa shape index (κ1) is 17.8. The number of amides is 1. The van der Waals surface area contributed by atoms with Crippen LogP contribution < -0.4 is 15.4 Å². The number of ether oxygens (including phenoxy) is 1. The number of halogens is 1. The summed E-state index contributed by atoms with van der Waals surface area (Å²) in [6.07, 6.45) is 5.23. The smallest absolute Gasteiger partial charge is 0.237 e. The van der Waals surface area contributed by atoms with Crippen molar-refractivity contribution in [3.63, 3.8) is 0 Å². The van der Waals surface area contributed by atoms with Gasteiger partial charge in [-0.25, -0.2) is 0 Å². The minimum absolute atomic E-state index is 0. The summed E-state index contributed by atoms with van der Waals surface area (Å²) in [5.41, 5.74) is 1.27. The summed E-state index contributed by atoms with van der Waals surface area (Å²) in [5.74, 6) is 1.03. The predicted molar refractivity (Wildman–Crippen MR) is 87.2 cm³/mol. The molecular formula is C16H25ClN2O2. The SMILES string of the molecule is COc1ccc(CCCNC(=O)C2CCCCN2)cc1.Cl. The van der Waals surface area contributed by atoms with Gasteiger partial charge in [-0.2, -0.15) is 0 Å². The largest absolute Gasteiger partial charge is 0.497 e. The molecule has 1 aromatic carbocycles. The average molecular weight is 313 g/mol. The van der Waals surface area contributed by atoms with Crippen molar-refractivity contribution >= 4 is 18.3 Å². The summed E-state index contributed by atoms with van der Waals surface area (Å²) in [4.78, 5) is 11.9. The first-order chi connectivity index (χ1) is 9.79. The molecule has 0 aliphatic carbocycles. The number of piperidine rings is 1. The fraction of sp³-hybridized carbons (Fsp3) is 0.562. The van der Waals surface area contributed by atoms with Gasteiger partial charge in [-0.1, -0.05) is 18.6 Å². The lowest BCUT2D eigenvalue weighted by molar-refractivity contribution is -0.123. The Morgan fingerprint density at radius 3 is 2.71 bits per heavy atom. The molecule has 21 heavy (non-hydrogen) atoms. The third-order valence-electron chi connectivity index (χ3n) is 3.73. The lowest BCUT2D eigenvalue weighted by Crippen LogP contribution is -2.46. The van der Waals surface area contributed by atoms with Crippen molar-refractivity contribution in [2.45, 2.75) is 38.1 Å². The van der Waals surface area contributed by atoms with E-state index in [1.165, 1.54) is 12.0 Å². The van der Waals surface area contributed by atoms with Gasteiger partial charge in [-0.15, -0.1) is 12.4 Å². The zero-order chi connectivity index (χ0) is 14.2. The van der Waals surface area contributed by atoms with Crippen LogP contribution in [0.25, 0.3) is 0 Å². The summed E-state index contributed by atoms with van der Waals surface area (Å²) in [7, 11) is 1.67. The molecule has 1 heterocycles. The molecule has 1 atom stereocenters. The number of carbonyl (C=O) groups is 1. The molecule has 1 unspecified atom stereocenters. The van der Waals surface area contributed by atoms with Crippen LogP contribution >= 0.6 is 12.4 Å². The van der Waals surface area contributed by atoms with Crippen LogP contribution in [-0.4, -0.2) is 32.1 Å². The zero-order valence-corrected chi connectivity index (χ0v) is 13.4.